The van der Waals surface area contributed by atoms with Crippen LogP contribution in [0, 0.1) is 0 Å². The molecule has 0 atom stereocenters. The van der Waals surface area contributed by atoms with Crippen molar-refractivity contribution >= 4 is 21.4 Å². The van der Waals surface area contributed by atoms with Gasteiger partial charge in [0.1, 0.15) is 4.70 Å². The average molecular weight is 270 g/mol. The van der Waals surface area contributed by atoms with E-state index in [1.54, 1.807) is 4.68 Å². The summed E-state index contributed by atoms with van der Waals surface area (Å²) in [5, 5.41) is 7.45. The van der Waals surface area contributed by atoms with Crippen molar-refractivity contribution in [2.24, 2.45) is 0 Å². The number of nitrogens with zero attached hydrogens (tertiary/aromatic N) is 2. The first-order chi connectivity index (χ1) is 9.31. The first-order valence-corrected chi connectivity index (χ1v) is 7.23. The molecule has 1 aromatic carbocycles. The van der Waals surface area contributed by atoms with E-state index in [9.17, 15) is 4.79 Å². The van der Waals surface area contributed by atoms with Crippen LogP contribution in [0.1, 0.15) is 13.3 Å². The number of hydrogen-bond acceptors (Lipinski definition) is 3. The topological polar surface area (TPSA) is 34.9 Å². The van der Waals surface area contributed by atoms with Crippen molar-refractivity contribution in [3.05, 3.63) is 52.1 Å². The highest BCUT2D eigenvalue weighted by Gasteiger charge is 2.12. The fourth-order valence-electron chi connectivity index (χ4n) is 2.17. The Balaban J connectivity index is 2.32. The monoisotopic (exact) mass is 270 g/mol. The van der Waals surface area contributed by atoms with E-state index in [4.69, 9.17) is 0 Å². The van der Waals surface area contributed by atoms with E-state index < -0.39 is 0 Å². The van der Waals surface area contributed by atoms with Crippen LogP contribution < -0.4 is 5.56 Å². The van der Waals surface area contributed by atoms with Crippen LogP contribution in [0.15, 0.2) is 46.6 Å². The normalized spacial score (nSPS) is 11.0. The molecule has 4 heteroatoms. The number of aryl methyl sites for hydroxylation is 1. The van der Waals surface area contributed by atoms with Gasteiger partial charge in [0.05, 0.1) is 5.69 Å². The fraction of sp³-hybridized carbons (Fsp3) is 0.200. The highest BCUT2D eigenvalue weighted by atomic mass is 32.1. The minimum atomic E-state index is 0.0199. The molecule has 0 amide bonds. The van der Waals surface area contributed by atoms with Crippen molar-refractivity contribution in [3.63, 3.8) is 0 Å². The molecule has 3 rings (SSSR count). The molecule has 19 heavy (non-hydrogen) atoms. The van der Waals surface area contributed by atoms with Crippen LogP contribution >= 0.6 is 11.3 Å². The van der Waals surface area contributed by atoms with Gasteiger partial charge < -0.3 is 0 Å². The van der Waals surface area contributed by atoms with Crippen molar-refractivity contribution in [2.75, 3.05) is 0 Å². The van der Waals surface area contributed by atoms with Crippen LogP contribution in [0.25, 0.3) is 21.3 Å². The Kier molecular flexibility index (Phi) is 3.17. The zero-order valence-corrected chi connectivity index (χ0v) is 11.5. The van der Waals surface area contributed by atoms with Gasteiger partial charge in [-0.15, -0.1) is 11.3 Å². The number of hydrogen-bond donors (Lipinski definition) is 0. The summed E-state index contributed by atoms with van der Waals surface area (Å²) in [6, 6.07) is 12.0. The average Bonchev–Trinajstić information content (AvgIpc) is 2.93. The van der Waals surface area contributed by atoms with Gasteiger partial charge in [-0.2, -0.15) is 5.10 Å². The second-order valence-corrected chi connectivity index (χ2v) is 5.32. The van der Waals surface area contributed by atoms with Gasteiger partial charge in [-0.25, -0.2) is 4.68 Å². The Morgan fingerprint density at radius 1 is 1.21 bits per heavy atom. The Hall–Kier alpha value is -1.94. The zero-order valence-electron chi connectivity index (χ0n) is 10.7. The van der Waals surface area contributed by atoms with Gasteiger partial charge in [0, 0.05) is 17.5 Å². The smallest absolute Gasteiger partial charge is 0.266 e. The third-order valence-corrected chi connectivity index (χ3v) is 3.95. The van der Waals surface area contributed by atoms with Crippen molar-refractivity contribution in [1.82, 2.24) is 9.78 Å². The molecule has 0 aliphatic rings. The lowest BCUT2D eigenvalue weighted by Crippen LogP contribution is -2.22. The van der Waals surface area contributed by atoms with Crippen LogP contribution in [0.3, 0.4) is 0 Å². The summed E-state index contributed by atoms with van der Waals surface area (Å²) in [4.78, 5) is 12.3. The first kappa shape index (κ1) is 12.1. The maximum absolute atomic E-state index is 12.3. The Morgan fingerprint density at radius 3 is 2.74 bits per heavy atom. The third-order valence-electron chi connectivity index (χ3n) is 3.05. The lowest BCUT2D eigenvalue weighted by atomic mass is 10.1. The Labute approximate surface area is 115 Å². The molecule has 3 nitrogen and oxygen atoms in total. The molecule has 0 aliphatic heterocycles. The number of benzene rings is 1. The second kappa shape index (κ2) is 4.97. The molecule has 2 aromatic heterocycles. The van der Waals surface area contributed by atoms with E-state index in [2.05, 4.69) is 12.0 Å². The van der Waals surface area contributed by atoms with Gasteiger partial charge >= 0.3 is 0 Å². The van der Waals surface area contributed by atoms with Crippen LogP contribution in [0.2, 0.25) is 0 Å². The van der Waals surface area contributed by atoms with E-state index in [0.717, 1.165) is 27.8 Å². The van der Waals surface area contributed by atoms with E-state index >= 15 is 0 Å². The minimum Gasteiger partial charge on any atom is -0.266 e. The minimum absolute atomic E-state index is 0.0199. The first-order valence-electron chi connectivity index (χ1n) is 6.35. The third kappa shape index (κ3) is 2.08. The standard InChI is InChI=1S/C15H14N2OS/c1-2-9-17-15(18)14-12(8-10-19-14)13(16-17)11-6-4-3-5-7-11/h3-8,10H,2,9H2,1H3. The molecular weight excluding hydrogens is 256 g/mol. The predicted molar refractivity (Wildman–Crippen MR) is 79.6 cm³/mol. The van der Waals surface area contributed by atoms with Crippen LogP contribution in [-0.2, 0) is 6.54 Å². The van der Waals surface area contributed by atoms with Crippen molar-refractivity contribution < 1.29 is 0 Å². The second-order valence-electron chi connectivity index (χ2n) is 4.41. The molecule has 0 aliphatic carbocycles. The highest BCUT2D eigenvalue weighted by Crippen LogP contribution is 2.27. The fourth-order valence-corrected chi connectivity index (χ4v) is 3.01. The summed E-state index contributed by atoms with van der Waals surface area (Å²) in [6.07, 6.45) is 0.901. The molecule has 0 radical (unpaired) electrons. The summed E-state index contributed by atoms with van der Waals surface area (Å²) >= 11 is 1.49. The summed E-state index contributed by atoms with van der Waals surface area (Å²) < 4.78 is 2.38. The zero-order chi connectivity index (χ0) is 13.2. The van der Waals surface area contributed by atoms with Gasteiger partial charge in [-0.05, 0) is 17.9 Å². The number of aromatic nitrogens is 2. The summed E-state index contributed by atoms with van der Waals surface area (Å²) in [7, 11) is 0. The maximum atomic E-state index is 12.3. The van der Waals surface area contributed by atoms with Gasteiger partial charge in [-0.1, -0.05) is 37.3 Å². The lowest BCUT2D eigenvalue weighted by Gasteiger charge is -2.08. The molecule has 0 N–H and O–H groups in total. The molecule has 0 saturated heterocycles. The maximum Gasteiger partial charge on any atom is 0.284 e. The molecule has 0 unspecified atom stereocenters. The number of fused-ring (bicyclic) bond motifs is 1. The molecule has 0 spiro atoms. The van der Waals surface area contributed by atoms with Crippen molar-refractivity contribution in [3.8, 4) is 11.3 Å². The van der Waals surface area contributed by atoms with Crippen molar-refractivity contribution in [1.29, 1.82) is 0 Å². The number of rotatable bonds is 3. The molecule has 2 heterocycles. The summed E-state index contributed by atoms with van der Waals surface area (Å²) in [5.74, 6) is 0. The molecule has 0 bridgehead atoms. The van der Waals surface area contributed by atoms with E-state index in [0.29, 0.717) is 6.54 Å². The van der Waals surface area contributed by atoms with Gasteiger partial charge in [0.25, 0.3) is 5.56 Å². The lowest BCUT2D eigenvalue weighted by molar-refractivity contribution is 0.577. The quantitative estimate of drug-likeness (QED) is 0.729. The highest BCUT2D eigenvalue weighted by molar-refractivity contribution is 7.17. The van der Waals surface area contributed by atoms with E-state index in [1.807, 2.05) is 41.8 Å². The largest absolute Gasteiger partial charge is 0.284 e. The van der Waals surface area contributed by atoms with E-state index in [1.165, 1.54) is 11.3 Å². The van der Waals surface area contributed by atoms with Crippen LogP contribution in [0.4, 0.5) is 0 Å². The Bertz CT molecular complexity index is 759. The van der Waals surface area contributed by atoms with E-state index in [-0.39, 0.29) is 5.56 Å². The van der Waals surface area contributed by atoms with Crippen LogP contribution in [-0.4, -0.2) is 9.78 Å². The Morgan fingerprint density at radius 2 is 2.00 bits per heavy atom. The SMILES string of the molecule is CCCn1nc(-c2ccccc2)c2ccsc2c1=O. The molecule has 3 aromatic rings. The number of thiophene rings is 1. The van der Waals surface area contributed by atoms with Crippen LogP contribution in [0.5, 0.6) is 0 Å². The van der Waals surface area contributed by atoms with Gasteiger partial charge in [-0.3, -0.25) is 4.79 Å². The molecular formula is C15H14N2OS. The predicted octanol–water partition coefficient (Wildman–Crippen LogP) is 3.54. The summed E-state index contributed by atoms with van der Waals surface area (Å²) in [5.41, 5.74) is 1.96. The molecule has 0 fully saturated rings. The van der Waals surface area contributed by atoms with Crippen molar-refractivity contribution in [2.45, 2.75) is 19.9 Å². The summed E-state index contributed by atoms with van der Waals surface area (Å²) in [6.45, 7) is 2.71. The molecule has 96 valence electrons. The van der Waals surface area contributed by atoms with Gasteiger partial charge in [0.15, 0.2) is 0 Å². The van der Waals surface area contributed by atoms with Gasteiger partial charge in [0.2, 0.25) is 0 Å². The molecule has 0 saturated carbocycles.